The van der Waals surface area contributed by atoms with E-state index in [2.05, 4.69) is 5.32 Å². The van der Waals surface area contributed by atoms with Gasteiger partial charge in [-0.15, -0.1) is 0 Å². The second-order valence-electron chi connectivity index (χ2n) is 6.44. The van der Waals surface area contributed by atoms with Crippen molar-refractivity contribution in [3.8, 4) is 0 Å². The summed E-state index contributed by atoms with van der Waals surface area (Å²) < 4.78 is 22.8. The number of aliphatic carboxylic acids is 1. The van der Waals surface area contributed by atoms with Crippen molar-refractivity contribution in [3.63, 3.8) is 0 Å². The van der Waals surface area contributed by atoms with Crippen LogP contribution in [-0.2, 0) is 19.4 Å². The van der Waals surface area contributed by atoms with E-state index in [9.17, 15) is 23.1 Å². The molecule has 1 aliphatic heterocycles. The van der Waals surface area contributed by atoms with Crippen molar-refractivity contribution in [2.75, 3.05) is 11.5 Å². The lowest BCUT2D eigenvalue weighted by molar-refractivity contribution is -0.152. The van der Waals surface area contributed by atoms with Crippen LogP contribution in [0.4, 0.5) is 0 Å². The quantitative estimate of drug-likeness (QED) is 0.804. The van der Waals surface area contributed by atoms with Crippen LogP contribution < -0.4 is 5.32 Å². The molecule has 120 valence electrons. The molecule has 2 aliphatic rings. The van der Waals surface area contributed by atoms with Crippen molar-refractivity contribution < 1.29 is 23.1 Å². The maximum absolute atomic E-state index is 12.2. The fraction of sp³-hybridized carbons (Fsp3) is 0.857. The van der Waals surface area contributed by atoms with Gasteiger partial charge < -0.3 is 10.4 Å². The molecule has 1 saturated carbocycles. The molecule has 1 heterocycles. The summed E-state index contributed by atoms with van der Waals surface area (Å²) in [5, 5.41) is 12.2. The Labute approximate surface area is 125 Å². The molecule has 1 saturated heterocycles. The van der Waals surface area contributed by atoms with Gasteiger partial charge in [-0.2, -0.15) is 0 Å². The third kappa shape index (κ3) is 3.56. The number of hydrogen-bond donors (Lipinski definition) is 2. The molecule has 2 rings (SSSR count). The average Bonchev–Trinajstić information content (AvgIpc) is 2.71. The predicted octanol–water partition coefficient (Wildman–Crippen LogP) is 0.961. The van der Waals surface area contributed by atoms with Crippen molar-refractivity contribution in [1.29, 1.82) is 0 Å². The molecule has 3 unspecified atom stereocenters. The van der Waals surface area contributed by atoms with E-state index in [1.807, 2.05) is 6.92 Å². The van der Waals surface area contributed by atoms with Gasteiger partial charge >= 0.3 is 5.97 Å². The molecule has 7 heteroatoms. The van der Waals surface area contributed by atoms with E-state index < -0.39 is 21.3 Å². The Bertz CT molecular complexity index is 529. The smallest absolute Gasteiger partial charge is 0.329 e. The van der Waals surface area contributed by atoms with Crippen LogP contribution in [-0.4, -0.2) is 42.4 Å². The topological polar surface area (TPSA) is 101 Å². The van der Waals surface area contributed by atoms with Crippen LogP contribution in [0.1, 0.15) is 45.4 Å². The summed E-state index contributed by atoms with van der Waals surface area (Å²) in [6, 6.07) is 0. The number of hydrogen-bond acceptors (Lipinski definition) is 4. The maximum atomic E-state index is 12.2. The highest BCUT2D eigenvalue weighted by Crippen LogP contribution is 2.34. The molecule has 0 bridgehead atoms. The summed E-state index contributed by atoms with van der Waals surface area (Å²) >= 11 is 0. The van der Waals surface area contributed by atoms with E-state index in [1.54, 1.807) is 0 Å². The van der Waals surface area contributed by atoms with Crippen molar-refractivity contribution in [3.05, 3.63) is 0 Å². The van der Waals surface area contributed by atoms with Crippen molar-refractivity contribution in [2.45, 2.75) is 51.0 Å². The summed E-state index contributed by atoms with van der Waals surface area (Å²) in [6.07, 6.45) is 3.58. The van der Waals surface area contributed by atoms with E-state index in [0.717, 1.165) is 19.3 Å². The fourth-order valence-electron chi connectivity index (χ4n) is 3.50. The van der Waals surface area contributed by atoms with E-state index >= 15 is 0 Å². The summed E-state index contributed by atoms with van der Waals surface area (Å²) in [6.45, 7) is 1.85. The summed E-state index contributed by atoms with van der Waals surface area (Å²) in [5.41, 5.74) is -1.19. The monoisotopic (exact) mass is 317 g/mol. The Morgan fingerprint density at radius 3 is 2.52 bits per heavy atom. The first-order valence-corrected chi connectivity index (χ1v) is 9.32. The van der Waals surface area contributed by atoms with Crippen LogP contribution in [0.3, 0.4) is 0 Å². The van der Waals surface area contributed by atoms with Gasteiger partial charge in [0, 0.05) is 6.42 Å². The number of amides is 1. The second kappa shape index (κ2) is 5.94. The standard InChI is InChI=1S/C14H23NO5S/c1-10-4-2-3-6-14(10,13(17)18)15-12(16)8-11-5-7-21(19,20)9-11/h10-11H,2-9H2,1H3,(H,15,16)(H,17,18). The summed E-state index contributed by atoms with van der Waals surface area (Å²) in [7, 11) is -3.01. The van der Waals surface area contributed by atoms with Gasteiger partial charge in [0.25, 0.3) is 0 Å². The molecule has 0 aromatic rings. The Kier molecular flexibility index (Phi) is 4.60. The number of carbonyl (C=O) groups excluding carboxylic acids is 1. The third-order valence-electron chi connectivity index (χ3n) is 4.84. The molecule has 0 aromatic carbocycles. The van der Waals surface area contributed by atoms with Crippen LogP contribution in [0.5, 0.6) is 0 Å². The van der Waals surface area contributed by atoms with Gasteiger partial charge in [-0.05, 0) is 31.1 Å². The zero-order valence-electron chi connectivity index (χ0n) is 12.3. The second-order valence-corrected chi connectivity index (χ2v) is 8.67. The lowest BCUT2D eigenvalue weighted by Crippen LogP contribution is -2.60. The summed E-state index contributed by atoms with van der Waals surface area (Å²) in [4.78, 5) is 23.8. The van der Waals surface area contributed by atoms with Gasteiger partial charge in [0.2, 0.25) is 5.91 Å². The average molecular weight is 317 g/mol. The molecule has 2 fully saturated rings. The molecule has 21 heavy (non-hydrogen) atoms. The molecule has 1 aliphatic carbocycles. The zero-order chi connectivity index (χ0) is 15.7. The molecular formula is C14H23NO5S. The van der Waals surface area contributed by atoms with Gasteiger partial charge in [-0.1, -0.05) is 19.8 Å². The molecular weight excluding hydrogens is 294 g/mol. The number of carboxylic acid groups (broad SMARTS) is 1. The molecule has 3 atom stereocenters. The van der Waals surface area contributed by atoms with Crippen LogP contribution >= 0.6 is 0 Å². The van der Waals surface area contributed by atoms with Crippen LogP contribution in [0.15, 0.2) is 0 Å². The Balaban J connectivity index is 2.01. The van der Waals surface area contributed by atoms with E-state index in [-0.39, 0.29) is 35.7 Å². The molecule has 0 aromatic heterocycles. The first kappa shape index (κ1) is 16.3. The largest absolute Gasteiger partial charge is 0.479 e. The van der Waals surface area contributed by atoms with Crippen LogP contribution in [0.2, 0.25) is 0 Å². The lowest BCUT2D eigenvalue weighted by Gasteiger charge is -2.39. The molecule has 0 spiro atoms. The molecule has 2 N–H and O–H groups in total. The van der Waals surface area contributed by atoms with Gasteiger partial charge in [-0.3, -0.25) is 4.79 Å². The van der Waals surface area contributed by atoms with Gasteiger partial charge in [0.05, 0.1) is 11.5 Å². The van der Waals surface area contributed by atoms with Crippen molar-refractivity contribution >= 4 is 21.7 Å². The minimum absolute atomic E-state index is 0.0377. The van der Waals surface area contributed by atoms with E-state index in [0.29, 0.717) is 12.8 Å². The number of sulfone groups is 1. The number of carboxylic acids is 1. The summed E-state index contributed by atoms with van der Waals surface area (Å²) in [5.74, 6) is -1.45. The van der Waals surface area contributed by atoms with Crippen molar-refractivity contribution in [1.82, 2.24) is 5.32 Å². The Hall–Kier alpha value is -1.11. The normalized spacial score (nSPS) is 35.3. The number of carbonyl (C=O) groups is 2. The molecule has 1 amide bonds. The highest BCUT2D eigenvalue weighted by atomic mass is 32.2. The molecule has 6 nitrogen and oxygen atoms in total. The van der Waals surface area contributed by atoms with Crippen LogP contribution in [0.25, 0.3) is 0 Å². The Morgan fingerprint density at radius 1 is 1.29 bits per heavy atom. The SMILES string of the molecule is CC1CCCCC1(NC(=O)CC1CCS(=O)(=O)C1)C(=O)O. The highest BCUT2D eigenvalue weighted by molar-refractivity contribution is 7.91. The number of rotatable bonds is 4. The minimum atomic E-state index is -3.01. The van der Waals surface area contributed by atoms with Gasteiger partial charge in [0.15, 0.2) is 9.84 Å². The van der Waals surface area contributed by atoms with E-state index in [4.69, 9.17) is 0 Å². The van der Waals surface area contributed by atoms with Gasteiger partial charge in [-0.25, -0.2) is 13.2 Å². The van der Waals surface area contributed by atoms with Crippen LogP contribution in [0, 0.1) is 11.8 Å². The maximum Gasteiger partial charge on any atom is 0.329 e. The van der Waals surface area contributed by atoms with Crippen molar-refractivity contribution in [2.24, 2.45) is 11.8 Å². The minimum Gasteiger partial charge on any atom is -0.479 e. The first-order valence-electron chi connectivity index (χ1n) is 7.50. The Morgan fingerprint density at radius 2 is 2.00 bits per heavy atom. The fourth-order valence-corrected chi connectivity index (χ4v) is 5.36. The first-order chi connectivity index (χ1) is 9.75. The van der Waals surface area contributed by atoms with E-state index in [1.165, 1.54) is 0 Å². The number of nitrogens with one attached hydrogen (secondary N) is 1. The third-order valence-corrected chi connectivity index (χ3v) is 6.68. The zero-order valence-corrected chi connectivity index (χ0v) is 13.1. The predicted molar refractivity (Wildman–Crippen MR) is 77.5 cm³/mol. The highest BCUT2D eigenvalue weighted by Gasteiger charge is 2.46. The van der Waals surface area contributed by atoms with Gasteiger partial charge in [0.1, 0.15) is 5.54 Å². The molecule has 0 radical (unpaired) electrons. The lowest BCUT2D eigenvalue weighted by atomic mass is 9.73.